The minimum atomic E-state index is -3.63. The van der Waals surface area contributed by atoms with Crippen LogP contribution >= 0.6 is 0 Å². The molecule has 1 fully saturated rings. The molecule has 28 heavy (non-hydrogen) atoms. The summed E-state index contributed by atoms with van der Waals surface area (Å²) in [4.78, 5) is 12.6. The third kappa shape index (κ3) is 3.75. The van der Waals surface area contributed by atoms with Gasteiger partial charge in [-0.25, -0.2) is 13.1 Å². The van der Waals surface area contributed by atoms with Gasteiger partial charge in [-0.05, 0) is 50.5 Å². The second-order valence-electron chi connectivity index (χ2n) is 7.14. The maximum atomic E-state index is 12.6. The Balaban J connectivity index is 1.59. The van der Waals surface area contributed by atoms with Crippen LogP contribution in [0.1, 0.15) is 40.1 Å². The van der Waals surface area contributed by atoms with Gasteiger partial charge in [-0.15, -0.1) is 0 Å². The van der Waals surface area contributed by atoms with E-state index in [4.69, 9.17) is 9.15 Å². The molecule has 6 nitrogen and oxygen atoms in total. The van der Waals surface area contributed by atoms with Crippen LogP contribution in [0.2, 0.25) is 0 Å². The molecule has 2 aromatic carbocycles. The van der Waals surface area contributed by atoms with Crippen molar-refractivity contribution in [3.63, 3.8) is 0 Å². The summed E-state index contributed by atoms with van der Waals surface area (Å²) in [6.45, 7) is 4.05. The summed E-state index contributed by atoms with van der Waals surface area (Å²) >= 11 is 0. The molecule has 4 rings (SSSR count). The summed E-state index contributed by atoms with van der Waals surface area (Å²) in [7, 11) is -3.63. The fourth-order valence-corrected chi connectivity index (χ4v) is 4.47. The molecule has 7 heteroatoms. The van der Waals surface area contributed by atoms with Gasteiger partial charge >= 0.3 is 0 Å². The third-order valence-electron chi connectivity index (χ3n) is 4.75. The summed E-state index contributed by atoms with van der Waals surface area (Å²) in [5.41, 5.74) is 2.92. The van der Waals surface area contributed by atoms with E-state index in [0.29, 0.717) is 41.9 Å². The number of furan rings is 1. The third-order valence-corrected chi connectivity index (χ3v) is 6.57. The fourth-order valence-electron chi connectivity index (χ4n) is 3.18. The fraction of sp³-hybridized carbons (Fsp3) is 0.286. The van der Waals surface area contributed by atoms with Gasteiger partial charge in [-0.2, -0.15) is 0 Å². The summed E-state index contributed by atoms with van der Waals surface area (Å²) in [5.74, 6) is 0.280. The van der Waals surface area contributed by atoms with Crippen molar-refractivity contribution in [2.75, 3.05) is 0 Å². The molecule has 0 unspecified atom stereocenters. The predicted molar refractivity (Wildman–Crippen MR) is 106 cm³/mol. The standard InChI is InChI=1S/C21H21NO5S/c1-13-4-3-5-15(10-13)12-26-16-6-9-19-18(11-16)20(14(2)27-19)21(23)22-28(24,25)17-7-8-17/h3-6,9-11,17H,7-8,12H2,1-2H3,(H,22,23). The summed E-state index contributed by atoms with van der Waals surface area (Å²) in [6, 6.07) is 13.2. The molecular weight excluding hydrogens is 378 g/mol. The maximum absolute atomic E-state index is 12.6. The molecule has 3 aromatic rings. The summed E-state index contributed by atoms with van der Waals surface area (Å²) in [5, 5.41) is 0.0610. The van der Waals surface area contributed by atoms with Crippen molar-refractivity contribution in [2.45, 2.75) is 38.5 Å². The van der Waals surface area contributed by atoms with Crippen LogP contribution in [-0.2, 0) is 16.6 Å². The number of ether oxygens (including phenoxy) is 1. The van der Waals surface area contributed by atoms with Gasteiger partial charge in [0.1, 0.15) is 23.7 Å². The number of rotatable bonds is 6. The topological polar surface area (TPSA) is 85.6 Å². The van der Waals surface area contributed by atoms with Crippen LogP contribution < -0.4 is 9.46 Å². The number of carbonyl (C=O) groups excluding carboxylic acids is 1. The van der Waals surface area contributed by atoms with Crippen molar-refractivity contribution in [1.82, 2.24) is 4.72 Å². The van der Waals surface area contributed by atoms with Crippen LogP contribution in [0.3, 0.4) is 0 Å². The number of benzene rings is 2. The lowest BCUT2D eigenvalue weighted by atomic mass is 10.1. The first-order valence-corrected chi connectivity index (χ1v) is 10.7. The number of carbonyl (C=O) groups is 1. The van der Waals surface area contributed by atoms with E-state index in [9.17, 15) is 13.2 Å². The highest BCUT2D eigenvalue weighted by atomic mass is 32.2. The zero-order valence-corrected chi connectivity index (χ0v) is 16.5. The minimum absolute atomic E-state index is 0.222. The molecule has 1 aliphatic carbocycles. The van der Waals surface area contributed by atoms with Gasteiger partial charge in [-0.1, -0.05) is 29.8 Å². The molecule has 1 amide bonds. The van der Waals surface area contributed by atoms with E-state index in [1.807, 2.05) is 31.2 Å². The van der Waals surface area contributed by atoms with Crippen LogP contribution in [-0.4, -0.2) is 19.6 Å². The Morgan fingerprint density at radius 3 is 2.68 bits per heavy atom. The highest BCUT2D eigenvalue weighted by Gasteiger charge is 2.37. The normalized spacial score (nSPS) is 14.2. The van der Waals surface area contributed by atoms with E-state index in [-0.39, 0.29) is 5.56 Å². The zero-order valence-electron chi connectivity index (χ0n) is 15.7. The van der Waals surface area contributed by atoms with Gasteiger partial charge in [0.05, 0.1) is 10.8 Å². The van der Waals surface area contributed by atoms with Crippen molar-refractivity contribution < 1.29 is 22.4 Å². The largest absolute Gasteiger partial charge is 0.489 e. The molecule has 146 valence electrons. The SMILES string of the molecule is Cc1cccc(COc2ccc3oc(C)c(C(=O)NS(=O)(=O)C4CC4)c3c2)c1. The van der Waals surface area contributed by atoms with Crippen LogP contribution in [0.4, 0.5) is 0 Å². The Bertz CT molecular complexity index is 1160. The quantitative estimate of drug-likeness (QED) is 0.680. The molecule has 1 aromatic heterocycles. The van der Waals surface area contributed by atoms with Crippen molar-refractivity contribution >= 4 is 26.9 Å². The van der Waals surface area contributed by atoms with Gasteiger partial charge in [0, 0.05) is 5.39 Å². The van der Waals surface area contributed by atoms with Crippen molar-refractivity contribution in [1.29, 1.82) is 0 Å². The Kier molecular flexibility index (Phi) is 4.63. The predicted octanol–water partition coefficient (Wildman–Crippen LogP) is 3.85. The first-order valence-electron chi connectivity index (χ1n) is 9.11. The molecule has 1 N–H and O–H groups in total. The second-order valence-corrected chi connectivity index (χ2v) is 9.11. The molecule has 1 aliphatic rings. The zero-order chi connectivity index (χ0) is 19.9. The summed E-state index contributed by atoms with van der Waals surface area (Å²) in [6.07, 6.45) is 1.18. The van der Waals surface area contributed by atoms with Gasteiger partial charge < -0.3 is 9.15 Å². The van der Waals surface area contributed by atoms with Gasteiger partial charge in [0.2, 0.25) is 10.0 Å². The second kappa shape index (κ2) is 6.98. The van der Waals surface area contributed by atoms with Gasteiger partial charge in [0.25, 0.3) is 5.91 Å². The average Bonchev–Trinajstić information content (AvgIpc) is 3.43. The van der Waals surface area contributed by atoms with E-state index in [2.05, 4.69) is 4.72 Å². The average molecular weight is 399 g/mol. The van der Waals surface area contributed by atoms with E-state index in [0.717, 1.165) is 11.1 Å². The Morgan fingerprint density at radius 2 is 1.96 bits per heavy atom. The molecule has 1 heterocycles. The lowest BCUT2D eigenvalue weighted by molar-refractivity contribution is 0.0981. The Hall–Kier alpha value is -2.80. The maximum Gasteiger partial charge on any atom is 0.268 e. The molecule has 0 radical (unpaired) electrons. The monoisotopic (exact) mass is 399 g/mol. The molecule has 0 aliphatic heterocycles. The number of sulfonamides is 1. The summed E-state index contributed by atoms with van der Waals surface area (Å²) < 4.78 is 37.9. The van der Waals surface area contributed by atoms with Crippen LogP contribution in [0, 0.1) is 13.8 Å². The number of nitrogens with one attached hydrogen (secondary N) is 1. The van der Waals surface area contributed by atoms with E-state index >= 15 is 0 Å². The first kappa shape index (κ1) is 18.6. The molecule has 0 bridgehead atoms. The highest BCUT2D eigenvalue weighted by molar-refractivity contribution is 7.91. The van der Waals surface area contributed by atoms with Crippen molar-refractivity contribution in [2.24, 2.45) is 0 Å². The number of amides is 1. The highest BCUT2D eigenvalue weighted by Crippen LogP contribution is 2.31. The van der Waals surface area contributed by atoms with Gasteiger partial charge in [0.15, 0.2) is 0 Å². The van der Waals surface area contributed by atoms with E-state index in [1.165, 1.54) is 0 Å². The smallest absolute Gasteiger partial charge is 0.268 e. The number of fused-ring (bicyclic) bond motifs is 1. The van der Waals surface area contributed by atoms with Gasteiger partial charge in [-0.3, -0.25) is 4.79 Å². The lowest BCUT2D eigenvalue weighted by Gasteiger charge is -2.08. The minimum Gasteiger partial charge on any atom is -0.489 e. The number of hydrogen-bond donors (Lipinski definition) is 1. The molecule has 1 saturated carbocycles. The van der Waals surface area contributed by atoms with E-state index in [1.54, 1.807) is 25.1 Å². The first-order chi connectivity index (χ1) is 13.3. The van der Waals surface area contributed by atoms with Crippen molar-refractivity contribution in [3.8, 4) is 5.75 Å². The Labute approximate surface area is 163 Å². The number of aryl methyl sites for hydroxylation is 2. The molecule has 0 saturated heterocycles. The molecular formula is C21H21NO5S. The number of hydrogen-bond acceptors (Lipinski definition) is 5. The van der Waals surface area contributed by atoms with Crippen LogP contribution in [0.15, 0.2) is 46.9 Å². The molecule has 0 spiro atoms. The molecule has 0 atom stereocenters. The van der Waals surface area contributed by atoms with E-state index < -0.39 is 21.2 Å². The van der Waals surface area contributed by atoms with Crippen LogP contribution in [0.25, 0.3) is 11.0 Å². The van der Waals surface area contributed by atoms with Crippen LogP contribution in [0.5, 0.6) is 5.75 Å². The Morgan fingerprint density at radius 1 is 1.18 bits per heavy atom. The lowest BCUT2D eigenvalue weighted by Crippen LogP contribution is -2.33. The van der Waals surface area contributed by atoms with Crippen molar-refractivity contribution in [3.05, 3.63) is 64.9 Å².